The second-order valence-electron chi connectivity index (χ2n) is 6.71. The Morgan fingerprint density at radius 2 is 1.91 bits per heavy atom. The Morgan fingerprint density at radius 3 is 2.45 bits per heavy atom. The largest absolute Gasteiger partial charge is 0.352 e. The number of amides is 1. The molecule has 0 aliphatic carbocycles. The fraction of sp³-hybridized carbons (Fsp3) is 0.444. The van der Waals surface area contributed by atoms with Crippen molar-refractivity contribution >= 4 is 17.2 Å². The van der Waals surface area contributed by atoms with Gasteiger partial charge in [-0.1, -0.05) is 52.0 Å². The molecule has 22 heavy (non-hydrogen) atoms. The van der Waals surface area contributed by atoms with E-state index >= 15 is 0 Å². The molecule has 0 saturated heterocycles. The van der Waals surface area contributed by atoms with Gasteiger partial charge in [-0.3, -0.25) is 4.79 Å². The second kappa shape index (κ2) is 7.05. The maximum Gasteiger partial charge on any atom is 0.220 e. The van der Waals surface area contributed by atoms with Crippen molar-refractivity contribution in [2.75, 3.05) is 0 Å². The SMILES string of the molecule is CCc1csc(-c2ccc(CNC(=O)CC(C)(C)C)cc2)n1. The van der Waals surface area contributed by atoms with Crippen LogP contribution in [0.3, 0.4) is 0 Å². The fourth-order valence-electron chi connectivity index (χ4n) is 2.11. The van der Waals surface area contributed by atoms with E-state index in [1.165, 1.54) is 0 Å². The molecule has 2 rings (SSSR count). The number of nitrogens with one attached hydrogen (secondary N) is 1. The van der Waals surface area contributed by atoms with Crippen molar-refractivity contribution in [1.82, 2.24) is 10.3 Å². The molecule has 1 amide bonds. The van der Waals surface area contributed by atoms with E-state index in [2.05, 4.69) is 67.6 Å². The molecule has 3 nitrogen and oxygen atoms in total. The first-order valence-electron chi connectivity index (χ1n) is 7.68. The third-order valence-electron chi connectivity index (χ3n) is 3.30. The molecule has 0 fully saturated rings. The molecule has 1 aromatic heterocycles. The van der Waals surface area contributed by atoms with E-state index in [1.54, 1.807) is 11.3 Å². The summed E-state index contributed by atoms with van der Waals surface area (Å²) in [4.78, 5) is 16.4. The molecule has 4 heteroatoms. The summed E-state index contributed by atoms with van der Waals surface area (Å²) in [6, 6.07) is 8.26. The number of hydrogen-bond acceptors (Lipinski definition) is 3. The molecular weight excluding hydrogens is 292 g/mol. The minimum Gasteiger partial charge on any atom is -0.352 e. The molecule has 2 aromatic rings. The van der Waals surface area contributed by atoms with Crippen molar-refractivity contribution in [2.45, 2.75) is 47.1 Å². The number of carbonyl (C=O) groups excluding carboxylic acids is 1. The molecule has 0 unspecified atom stereocenters. The van der Waals surface area contributed by atoms with Gasteiger partial charge < -0.3 is 5.32 Å². The fourth-order valence-corrected chi connectivity index (χ4v) is 3.02. The van der Waals surface area contributed by atoms with Crippen LogP contribution in [0.1, 0.15) is 45.4 Å². The topological polar surface area (TPSA) is 42.0 Å². The molecule has 0 atom stereocenters. The average Bonchev–Trinajstić information content (AvgIpc) is 2.93. The third kappa shape index (κ3) is 4.95. The molecule has 0 radical (unpaired) electrons. The van der Waals surface area contributed by atoms with Crippen LogP contribution in [0.4, 0.5) is 0 Å². The van der Waals surface area contributed by atoms with Crippen molar-refractivity contribution in [1.29, 1.82) is 0 Å². The first kappa shape index (κ1) is 16.7. The van der Waals surface area contributed by atoms with Gasteiger partial charge in [0, 0.05) is 23.9 Å². The molecule has 0 spiro atoms. The molecular formula is C18H24N2OS. The van der Waals surface area contributed by atoms with E-state index in [9.17, 15) is 4.79 Å². The summed E-state index contributed by atoms with van der Waals surface area (Å²) < 4.78 is 0. The molecule has 118 valence electrons. The molecule has 0 aliphatic heterocycles. The standard InChI is InChI=1S/C18H24N2OS/c1-5-15-12-22-17(20-15)14-8-6-13(7-9-14)11-19-16(21)10-18(2,3)4/h6-9,12H,5,10-11H2,1-4H3,(H,19,21). The monoisotopic (exact) mass is 316 g/mol. The second-order valence-corrected chi connectivity index (χ2v) is 7.57. The molecule has 0 saturated carbocycles. The Labute approximate surface area is 136 Å². The smallest absolute Gasteiger partial charge is 0.220 e. The molecule has 0 bridgehead atoms. The van der Waals surface area contributed by atoms with Gasteiger partial charge in [0.1, 0.15) is 5.01 Å². The van der Waals surface area contributed by atoms with E-state index in [0.717, 1.165) is 28.2 Å². The highest BCUT2D eigenvalue weighted by molar-refractivity contribution is 7.13. The Hall–Kier alpha value is -1.68. The number of hydrogen-bond donors (Lipinski definition) is 1. The normalized spacial score (nSPS) is 11.5. The van der Waals surface area contributed by atoms with Crippen molar-refractivity contribution in [3.05, 3.63) is 40.9 Å². The highest BCUT2D eigenvalue weighted by Crippen LogP contribution is 2.24. The van der Waals surface area contributed by atoms with Crippen molar-refractivity contribution in [2.24, 2.45) is 5.41 Å². The van der Waals surface area contributed by atoms with Crippen LogP contribution < -0.4 is 5.32 Å². The van der Waals surface area contributed by atoms with E-state index in [4.69, 9.17) is 0 Å². The van der Waals surface area contributed by atoms with Crippen LogP contribution in [-0.2, 0) is 17.8 Å². The zero-order valence-electron chi connectivity index (χ0n) is 13.8. The Morgan fingerprint density at radius 1 is 1.23 bits per heavy atom. The Kier molecular flexibility index (Phi) is 5.35. The van der Waals surface area contributed by atoms with E-state index in [0.29, 0.717) is 13.0 Å². The van der Waals surface area contributed by atoms with E-state index in [-0.39, 0.29) is 11.3 Å². The number of thiazole rings is 1. The lowest BCUT2D eigenvalue weighted by molar-refractivity contribution is -0.122. The van der Waals surface area contributed by atoms with Gasteiger partial charge in [0.15, 0.2) is 0 Å². The van der Waals surface area contributed by atoms with Crippen LogP contribution in [0, 0.1) is 5.41 Å². The summed E-state index contributed by atoms with van der Waals surface area (Å²) in [6.45, 7) is 8.90. The summed E-state index contributed by atoms with van der Waals surface area (Å²) in [6.07, 6.45) is 1.51. The van der Waals surface area contributed by atoms with Crippen LogP contribution >= 0.6 is 11.3 Å². The summed E-state index contributed by atoms with van der Waals surface area (Å²) in [5.74, 6) is 0.101. The quantitative estimate of drug-likeness (QED) is 0.887. The summed E-state index contributed by atoms with van der Waals surface area (Å²) in [5.41, 5.74) is 3.40. The van der Waals surface area contributed by atoms with Gasteiger partial charge in [-0.15, -0.1) is 11.3 Å². The third-order valence-corrected chi connectivity index (χ3v) is 4.24. The number of nitrogens with zero attached hydrogens (tertiary/aromatic N) is 1. The minimum atomic E-state index is 0.0236. The Bertz CT molecular complexity index is 623. The zero-order chi connectivity index (χ0) is 16.2. The number of aryl methyl sites for hydroxylation is 1. The van der Waals surface area contributed by atoms with E-state index < -0.39 is 0 Å². The molecule has 1 N–H and O–H groups in total. The molecule has 0 aliphatic rings. The predicted octanol–water partition coefficient (Wildman–Crippen LogP) is 4.42. The van der Waals surface area contributed by atoms with Crippen LogP contribution in [0.5, 0.6) is 0 Å². The van der Waals surface area contributed by atoms with Crippen molar-refractivity contribution in [3.63, 3.8) is 0 Å². The van der Waals surface area contributed by atoms with E-state index in [1.807, 2.05) is 0 Å². The first-order chi connectivity index (χ1) is 10.4. The lowest BCUT2D eigenvalue weighted by Crippen LogP contribution is -2.27. The number of rotatable bonds is 5. The summed E-state index contributed by atoms with van der Waals surface area (Å²) in [7, 11) is 0. The van der Waals surface area contributed by atoms with Crippen LogP contribution in [0.25, 0.3) is 10.6 Å². The lowest BCUT2D eigenvalue weighted by Gasteiger charge is -2.17. The zero-order valence-corrected chi connectivity index (χ0v) is 14.6. The first-order valence-corrected chi connectivity index (χ1v) is 8.56. The van der Waals surface area contributed by atoms with Gasteiger partial charge in [0.2, 0.25) is 5.91 Å². The maximum absolute atomic E-state index is 11.8. The van der Waals surface area contributed by atoms with Gasteiger partial charge in [-0.25, -0.2) is 4.98 Å². The van der Waals surface area contributed by atoms with Crippen molar-refractivity contribution < 1.29 is 4.79 Å². The summed E-state index contributed by atoms with van der Waals surface area (Å²) in [5, 5.41) is 6.14. The van der Waals surface area contributed by atoms with Gasteiger partial charge in [0.05, 0.1) is 5.69 Å². The Balaban J connectivity index is 1.93. The van der Waals surface area contributed by atoms with Crippen molar-refractivity contribution in [3.8, 4) is 10.6 Å². The molecule has 1 heterocycles. The highest BCUT2D eigenvalue weighted by atomic mass is 32.1. The average molecular weight is 316 g/mol. The number of carbonyl (C=O) groups is 1. The highest BCUT2D eigenvalue weighted by Gasteiger charge is 2.15. The summed E-state index contributed by atoms with van der Waals surface area (Å²) >= 11 is 1.68. The maximum atomic E-state index is 11.8. The van der Waals surface area contributed by atoms with Gasteiger partial charge in [-0.05, 0) is 17.4 Å². The number of aromatic nitrogens is 1. The predicted molar refractivity (Wildman–Crippen MR) is 92.8 cm³/mol. The van der Waals surface area contributed by atoms with Crippen LogP contribution in [0.2, 0.25) is 0 Å². The van der Waals surface area contributed by atoms with Gasteiger partial charge in [-0.2, -0.15) is 0 Å². The van der Waals surface area contributed by atoms with Crippen LogP contribution in [-0.4, -0.2) is 10.9 Å². The van der Waals surface area contributed by atoms with Gasteiger partial charge in [0.25, 0.3) is 0 Å². The van der Waals surface area contributed by atoms with Crippen LogP contribution in [0.15, 0.2) is 29.6 Å². The lowest BCUT2D eigenvalue weighted by atomic mass is 9.92. The molecule has 1 aromatic carbocycles. The van der Waals surface area contributed by atoms with Gasteiger partial charge >= 0.3 is 0 Å². The minimum absolute atomic E-state index is 0.0236. The number of benzene rings is 1.